The van der Waals surface area contributed by atoms with Crippen LogP contribution in [0.15, 0.2) is 53.5 Å². The molecular formula is C20H21F2N3O2. The largest absolute Gasteiger partial charge is 0.493 e. The summed E-state index contributed by atoms with van der Waals surface area (Å²) < 4.78 is 34.5. The number of halogens is 2. The van der Waals surface area contributed by atoms with E-state index in [1.54, 1.807) is 12.1 Å². The van der Waals surface area contributed by atoms with Crippen LogP contribution in [-0.2, 0) is 0 Å². The molecule has 0 bridgehead atoms. The Kier molecular flexibility index (Phi) is 4.83. The van der Waals surface area contributed by atoms with Gasteiger partial charge in [0.25, 0.3) is 0 Å². The van der Waals surface area contributed by atoms with Crippen LogP contribution in [0.5, 0.6) is 11.5 Å². The van der Waals surface area contributed by atoms with Crippen LogP contribution in [0.2, 0.25) is 0 Å². The normalized spacial score (nSPS) is 24.1. The first-order valence-electron chi connectivity index (χ1n) is 8.96. The Labute approximate surface area is 156 Å². The Balaban J connectivity index is 1.36. The number of para-hydroxylation sites is 1. The molecule has 4 rings (SSSR count). The van der Waals surface area contributed by atoms with E-state index in [9.17, 15) is 8.78 Å². The molecule has 3 atom stereocenters. The van der Waals surface area contributed by atoms with E-state index in [2.05, 4.69) is 15.0 Å². The molecule has 1 saturated carbocycles. The summed E-state index contributed by atoms with van der Waals surface area (Å²) in [6.45, 7) is -2.19. The van der Waals surface area contributed by atoms with Crippen molar-refractivity contribution in [2.24, 2.45) is 10.7 Å². The van der Waals surface area contributed by atoms with Gasteiger partial charge in [0.2, 0.25) is 0 Å². The van der Waals surface area contributed by atoms with Crippen LogP contribution in [0.1, 0.15) is 35.9 Å². The number of hydrogen-bond donors (Lipinski definition) is 2. The third kappa shape index (κ3) is 4.13. The Morgan fingerprint density at radius 1 is 1.19 bits per heavy atom. The lowest BCUT2D eigenvalue weighted by molar-refractivity contribution is -0.0498. The van der Waals surface area contributed by atoms with Gasteiger partial charge in [-0.25, -0.2) is 4.99 Å². The van der Waals surface area contributed by atoms with Crippen LogP contribution in [0, 0.1) is 0 Å². The molecular weight excluding hydrogens is 352 g/mol. The Hall–Kier alpha value is -2.83. The second kappa shape index (κ2) is 7.42. The van der Waals surface area contributed by atoms with Gasteiger partial charge >= 0.3 is 6.61 Å². The van der Waals surface area contributed by atoms with Crippen molar-refractivity contribution in [3.8, 4) is 11.5 Å². The molecule has 0 aromatic heterocycles. The van der Waals surface area contributed by atoms with Crippen molar-refractivity contribution >= 4 is 5.96 Å². The van der Waals surface area contributed by atoms with E-state index in [-0.39, 0.29) is 17.8 Å². The van der Waals surface area contributed by atoms with Gasteiger partial charge in [0.1, 0.15) is 11.5 Å². The van der Waals surface area contributed by atoms with Crippen LogP contribution < -0.4 is 20.5 Å². The number of benzene rings is 2. The van der Waals surface area contributed by atoms with E-state index in [4.69, 9.17) is 10.5 Å². The second-order valence-electron chi connectivity index (χ2n) is 6.75. The third-order valence-corrected chi connectivity index (χ3v) is 4.88. The third-order valence-electron chi connectivity index (χ3n) is 4.88. The van der Waals surface area contributed by atoms with Crippen molar-refractivity contribution in [3.63, 3.8) is 0 Å². The van der Waals surface area contributed by atoms with Gasteiger partial charge in [-0.1, -0.05) is 30.3 Å². The predicted molar refractivity (Wildman–Crippen MR) is 98.3 cm³/mol. The number of nitrogens with two attached hydrogens (primary N) is 1. The number of hydrogen-bond acceptors (Lipinski definition) is 3. The van der Waals surface area contributed by atoms with Gasteiger partial charge in [-0.2, -0.15) is 8.78 Å². The minimum absolute atomic E-state index is 0.00886. The number of rotatable bonds is 5. The molecule has 2 aliphatic rings. The summed E-state index contributed by atoms with van der Waals surface area (Å²) in [4.78, 5) is 4.63. The molecule has 2 aromatic carbocycles. The molecule has 27 heavy (non-hydrogen) atoms. The second-order valence-corrected chi connectivity index (χ2v) is 6.75. The Morgan fingerprint density at radius 2 is 1.96 bits per heavy atom. The van der Waals surface area contributed by atoms with Crippen molar-refractivity contribution < 1.29 is 18.3 Å². The molecule has 1 fully saturated rings. The standard InChI is InChI=1S/C20H21F2N3O2/c21-19(22)27-13-7-5-12(6-8-13)15-11-17(15)25-20(23)24-16-9-10-26-18-4-2-1-3-14(16)18/h1-8,15-17,19H,9-11H2,(H3,23,24,25)/t15-,16?,17+/m0/s1. The van der Waals surface area contributed by atoms with Crippen LogP contribution >= 0.6 is 0 Å². The molecule has 0 amide bonds. The fourth-order valence-electron chi connectivity index (χ4n) is 3.47. The maximum Gasteiger partial charge on any atom is 0.387 e. The maximum absolute atomic E-state index is 12.2. The van der Waals surface area contributed by atoms with Crippen molar-refractivity contribution in [3.05, 3.63) is 59.7 Å². The molecule has 2 aromatic rings. The van der Waals surface area contributed by atoms with Gasteiger partial charge in [0.15, 0.2) is 5.96 Å². The van der Waals surface area contributed by atoms with Gasteiger partial charge < -0.3 is 20.5 Å². The summed E-state index contributed by atoms with van der Waals surface area (Å²) >= 11 is 0. The number of alkyl halides is 2. The molecule has 1 aliphatic heterocycles. The zero-order valence-electron chi connectivity index (χ0n) is 14.6. The molecule has 0 saturated heterocycles. The molecule has 0 radical (unpaired) electrons. The smallest absolute Gasteiger partial charge is 0.387 e. The number of ether oxygens (including phenoxy) is 2. The summed E-state index contributed by atoms with van der Waals surface area (Å²) in [6.07, 6.45) is 1.72. The summed E-state index contributed by atoms with van der Waals surface area (Å²) in [6, 6.07) is 14.8. The molecule has 0 spiro atoms. The van der Waals surface area contributed by atoms with Crippen molar-refractivity contribution in [1.29, 1.82) is 0 Å². The fourth-order valence-corrected chi connectivity index (χ4v) is 3.47. The maximum atomic E-state index is 12.2. The van der Waals surface area contributed by atoms with Crippen molar-refractivity contribution in [1.82, 2.24) is 5.32 Å². The average molecular weight is 373 g/mol. The van der Waals surface area contributed by atoms with Crippen LogP contribution in [0.4, 0.5) is 8.78 Å². The molecule has 7 heteroatoms. The van der Waals surface area contributed by atoms with Gasteiger partial charge in [0.05, 0.1) is 12.6 Å². The number of aliphatic imine (C=N–C) groups is 1. The first kappa shape index (κ1) is 17.6. The summed E-state index contributed by atoms with van der Waals surface area (Å²) in [5.74, 6) is 1.74. The number of nitrogens with one attached hydrogen (secondary N) is 1. The van der Waals surface area contributed by atoms with Gasteiger partial charge in [-0.05, 0) is 30.2 Å². The molecule has 5 nitrogen and oxygen atoms in total. The summed E-state index contributed by atoms with van der Waals surface area (Å²) in [5, 5.41) is 3.26. The zero-order chi connectivity index (χ0) is 18.8. The molecule has 142 valence electrons. The predicted octanol–water partition coefficient (Wildman–Crippen LogP) is 3.57. The molecule has 1 aliphatic carbocycles. The van der Waals surface area contributed by atoms with E-state index in [1.807, 2.05) is 36.4 Å². The van der Waals surface area contributed by atoms with Crippen LogP contribution in [-0.4, -0.2) is 25.2 Å². The van der Waals surface area contributed by atoms with Gasteiger partial charge in [-0.3, -0.25) is 0 Å². The van der Waals surface area contributed by atoms with E-state index in [0.717, 1.165) is 29.7 Å². The van der Waals surface area contributed by atoms with Crippen LogP contribution in [0.25, 0.3) is 0 Å². The summed E-state index contributed by atoms with van der Waals surface area (Å²) in [7, 11) is 0. The summed E-state index contributed by atoms with van der Waals surface area (Å²) in [5.41, 5.74) is 8.24. The number of fused-ring (bicyclic) bond motifs is 1. The highest BCUT2D eigenvalue weighted by Crippen LogP contribution is 2.41. The van der Waals surface area contributed by atoms with Crippen LogP contribution in [0.3, 0.4) is 0 Å². The number of guanidine groups is 1. The van der Waals surface area contributed by atoms with Crippen molar-refractivity contribution in [2.75, 3.05) is 6.61 Å². The van der Waals surface area contributed by atoms with E-state index in [1.165, 1.54) is 0 Å². The van der Waals surface area contributed by atoms with Gasteiger partial charge in [-0.15, -0.1) is 0 Å². The Bertz CT molecular complexity index is 826. The average Bonchev–Trinajstić information content (AvgIpc) is 3.41. The SMILES string of the molecule is NC(=NC1CCOc2ccccc21)N[C@@H]1C[C@H]1c1ccc(OC(F)F)cc1. The molecule has 1 unspecified atom stereocenters. The highest BCUT2D eigenvalue weighted by molar-refractivity contribution is 5.79. The minimum Gasteiger partial charge on any atom is -0.493 e. The zero-order valence-corrected chi connectivity index (χ0v) is 14.6. The van der Waals surface area contributed by atoms with E-state index >= 15 is 0 Å². The first-order chi connectivity index (χ1) is 13.1. The minimum atomic E-state index is -2.81. The lowest BCUT2D eigenvalue weighted by atomic mass is 10.0. The van der Waals surface area contributed by atoms with E-state index in [0.29, 0.717) is 18.5 Å². The monoisotopic (exact) mass is 373 g/mol. The quantitative estimate of drug-likeness (QED) is 0.621. The molecule has 3 N–H and O–H groups in total. The number of nitrogens with zero attached hydrogens (tertiary/aromatic N) is 1. The van der Waals surface area contributed by atoms with Gasteiger partial charge in [0, 0.05) is 23.9 Å². The molecule has 1 heterocycles. The highest BCUT2D eigenvalue weighted by Gasteiger charge is 2.39. The highest BCUT2D eigenvalue weighted by atomic mass is 19.3. The first-order valence-corrected chi connectivity index (χ1v) is 8.96. The fraction of sp³-hybridized carbons (Fsp3) is 0.350. The lowest BCUT2D eigenvalue weighted by Gasteiger charge is -2.23. The van der Waals surface area contributed by atoms with E-state index < -0.39 is 6.61 Å². The lowest BCUT2D eigenvalue weighted by Crippen LogP contribution is -2.35. The topological polar surface area (TPSA) is 68.9 Å². The van der Waals surface area contributed by atoms with Crippen molar-refractivity contribution in [2.45, 2.75) is 37.5 Å². The Morgan fingerprint density at radius 3 is 2.74 bits per heavy atom.